The van der Waals surface area contributed by atoms with E-state index < -0.39 is 35.8 Å². The molecule has 11 nitrogen and oxygen atoms in total. The number of alkyl halides is 3. The van der Waals surface area contributed by atoms with Crippen molar-refractivity contribution in [2.45, 2.75) is 43.0 Å². The molecule has 1 amide bonds. The third-order valence-electron chi connectivity index (χ3n) is 6.74. The number of para-hydroxylation sites is 2. The molecule has 4 rings (SSSR count). The van der Waals surface area contributed by atoms with E-state index >= 15 is 0 Å². The number of piperidine rings is 1. The monoisotopic (exact) mass is 611 g/mol. The van der Waals surface area contributed by atoms with E-state index in [-0.39, 0.29) is 41.6 Å². The predicted octanol–water partition coefficient (Wildman–Crippen LogP) is 4.14. The van der Waals surface area contributed by atoms with Crippen LogP contribution in [-0.4, -0.2) is 100.0 Å². The van der Waals surface area contributed by atoms with Crippen LogP contribution in [-0.2, 0) is 26.0 Å². The lowest BCUT2D eigenvalue weighted by molar-refractivity contribution is -0.153. The molecule has 1 fully saturated rings. The highest BCUT2D eigenvalue weighted by Crippen LogP contribution is 2.26. The van der Waals surface area contributed by atoms with Crippen molar-refractivity contribution in [2.75, 3.05) is 46.9 Å². The van der Waals surface area contributed by atoms with Crippen LogP contribution < -0.4 is 4.74 Å². The van der Waals surface area contributed by atoms with E-state index in [1.54, 1.807) is 24.3 Å². The Labute approximate surface area is 243 Å². The minimum atomic E-state index is -4.52. The number of aromatic nitrogens is 3. The van der Waals surface area contributed by atoms with Gasteiger partial charge in [0.1, 0.15) is 18.5 Å². The molecule has 1 aliphatic heterocycles. The molecule has 0 bridgehead atoms. The van der Waals surface area contributed by atoms with Crippen LogP contribution in [0.3, 0.4) is 0 Å². The van der Waals surface area contributed by atoms with Crippen LogP contribution >= 0.6 is 0 Å². The molecule has 3 aromatic rings. The number of hydrogen-bond donors (Lipinski definition) is 0. The Morgan fingerprint density at radius 1 is 1.17 bits per heavy atom. The number of halogens is 3. The van der Waals surface area contributed by atoms with Crippen molar-refractivity contribution in [3.05, 3.63) is 47.8 Å². The van der Waals surface area contributed by atoms with Gasteiger partial charge in [-0.3, -0.25) is 9.19 Å². The van der Waals surface area contributed by atoms with Gasteiger partial charge in [0.25, 0.3) is 0 Å². The third kappa shape index (κ3) is 7.97. The quantitative estimate of drug-likeness (QED) is 0.329. The highest BCUT2D eigenvalue weighted by Gasteiger charge is 2.29. The van der Waals surface area contributed by atoms with Gasteiger partial charge >= 0.3 is 18.4 Å². The summed E-state index contributed by atoms with van der Waals surface area (Å²) in [5.41, 5.74) is 1.37. The van der Waals surface area contributed by atoms with Crippen LogP contribution in [0.5, 0.6) is 5.75 Å². The summed E-state index contributed by atoms with van der Waals surface area (Å²) in [4.78, 5) is 37.7. The smallest absolute Gasteiger partial charge is 0.484 e. The normalized spacial score (nSPS) is 15.4. The van der Waals surface area contributed by atoms with Gasteiger partial charge in [-0.15, -0.1) is 0 Å². The number of amides is 1. The Morgan fingerprint density at radius 3 is 2.60 bits per heavy atom. The Hall–Kier alpha value is -3.72. The molecule has 1 atom stereocenters. The lowest BCUT2D eigenvalue weighted by Crippen LogP contribution is -2.37. The van der Waals surface area contributed by atoms with E-state index in [9.17, 15) is 27.0 Å². The summed E-state index contributed by atoms with van der Waals surface area (Å²) < 4.78 is 68.1. The van der Waals surface area contributed by atoms with Crippen molar-refractivity contribution >= 4 is 34.0 Å². The zero-order valence-corrected chi connectivity index (χ0v) is 24.2. The van der Waals surface area contributed by atoms with Gasteiger partial charge in [-0.25, -0.2) is 19.1 Å². The summed E-state index contributed by atoms with van der Waals surface area (Å²) in [7, 11) is 1.58. The van der Waals surface area contributed by atoms with Crippen molar-refractivity contribution < 1.29 is 41.2 Å². The molecule has 1 saturated heterocycles. The molecule has 0 saturated carbocycles. The van der Waals surface area contributed by atoms with Gasteiger partial charge in [0.05, 0.1) is 39.8 Å². The number of carbonyl (C=O) groups is 2. The fourth-order valence-electron chi connectivity index (χ4n) is 4.36. The summed E-state index contributed by atoms with van der Waals surface area (Å²) in [6.45, 7) is 1.60. The van der Waals surface area contributed by atoms with E-state index in [0.717, 1.165) is 25.9 Å². The van der Waals surface area contributed by atoms with E-state index in [4.69, 9.17) is 14.2 Å². The van der Waals surface area contributed by atoms with E-state index in [2.05, 4.69) is 14.9 Å². The van der Waals surface area contributed by atoms with Gasteiger partial charge in [-0.2, -0.15) is 13.2 Å². The van der Waals surface area contributed by atoms with Crippen LogP contribution in [0.4, 0.5) is 22.8 Å². The van der Waals surface area contributed by atoms with E-state index in [0.29, 0.717) is 16.6 Å². The van der Waals surface area contributed by atoms with Crippen LogP contribution in [0.15, 0.2) is 41.7 Å². The number of likely N-dealkylation sites (tertiary alicyclic amines) is 1. The van der Waals surface area contributed by atoms with Crippen LogP contribution in [0.2, 0.25) is 0 Å². The van der Waals surface area contributed by atoms with Crippen molar-refractivity contribution in [3.63, 3.8) is 0 Å². The highest BCUT2D eigenvalue weighted by molar-refractivity contribution is 7.84. The van der Waals surface area contributed by atoms with Crippen LogP contribution in [0.25, 0.3) is 11.0 Å². The molecule has 15 heteroatoms. The van der Waals surface area contributed by atoms with E-state index in [1.807, 2.05) is 7.05 Å². The minimum Gasteiger partial charge on any atom is -0.484 e. The van der Waals surface area contributed by atoms with Gasteiger partial charge in [-0.05, 0) is 45.0 Å². The van der Waals surface area contributed by atoms with Crippen molar-refractivity contribution in [1.82, 2.24) is 24.3 Å². The molecular weight excluding hydrogens is 579 g/mol. The predicted molar refractivity (Wildman–Crippen MR) is 147 cm³/mol. The van der Waals surface area contributed by atoms with Crippen molar-refractivity contribution in [2.24, 2.45) is 0 Å². The summed E-state index contributed by atoms with van der Waals surface area (Å²) >= 11 is 0. The molecule has 1 aliphatic rings. The number of nitrogens with zero attached hydrogens (tertiary/aromatic N) is 5. The maximum Gasteiger partial charge on any atom is 0.508 e. The molecule has 228 valence electrons. The molecule has 1 unspecified atom stereocenters. The standard InChI is InChI=1S/C27H32F3N5O6S/c1-18-21(31-11-8-23(18)40-17-27(28,29)30)16-42(38)24-32-20-6-4-5-7-22(20)35(24)25(36)34(3)14-15-39-26(37)41-19-9-12-33(2)13-10-19/h4-8,11,19H,9-10,12-17H2,1-3H3. The molecule has 0 spiro atoms. The zero-order valence-electron chi connectivity index (χ0n) is 23.4. The lowest BCUT2D eigenvalue weighted by Gasteiger charge is -2.28. The van der Waals surface area contributed by atoms with Gasteiger partial charge in [0.15, 0.2) is 6.61 Å². The first kappa shape index (κ1) is 31.2. The molecule has 42 heavy (non-hydrogen) atoms. The second kappa shape index (κ2) is 13.5. The van der Waals surface area contributed by atoms with E-state index in [1.165, 1.54) is 35.7 Å². The molecule has 0 aliphatic carbocycles. The lowest BCUT2D eigenvalue weighted by atomic mass is 10.1. The molecular formula is C27H32F3N5O6S. The number of fused-ring (bicyclic) bond motifs is 1. The summed E-state index contributed by atoms with van der Waals surface area (Å²) in [5, 5.41) is -0.0570. The second-order valence-corrected chi connectivity index (χ2v) is 11.3. The molecule has 0 N–H and O–H groups in total. The summed E-state index contributed by atoms with van der Waals surface area (Å²) in [6, 6.07) is 7.47. The fraction of sp³-hybridized carbons (Fsp3) is 0.481. The number of imidazole rings is 1. The fourth-order valence-corrected chi connectivity index (χ4v) is 5.60. The van der Waals surface area contributed by atoms with Crippen molar-refractivity contribution in [3.8, 4) is 5.75 Å². The molecule has 0 radical (unpaired) electrons. The largest absolute Gasteiger partial charge is 0.508 e. The van der Waals surface area contributed by atoms with Gasteiger partial charge < -0.3 is 24.0 Å². The number of pyridine rings is 1. The SMILES string of the molecule is Cc1c(OCC(F)(F)F)ccnc1CS(=O)c1nc2ccccc2n1C(=O)N(C)CCOC(=O)OC1CCN(C)CC1. The third-order valence-corrected chi connectivity index (χ3v) is 7.96. The maximum absolute atomic E-state index is 13.5. The summed E-state index contributed by atoms with van der Waals surface area (Å²) in [6.07, 6.45) is -2.82. The summed E-state index contributed by atoms with van der Waals surface area (Å²) in [5.74, 6) is -0.255. The van der Waals surface area contributed by atoms with Gasteiger partial charge in [0, 0.05) is 31.9 Å². The average Bonchev–Trinajstić information content (AvgIpc) is 3.33. The minimum absolute atomic E-state index is 0.0270. The second-order valence-electron chi connectivity index (χ2n) is 9.92. The Kier molecular flexibility index (Phi) is 10.0. The van der Waals surface area contributed by atoms with Gasteiger partial charge in [-0.1, -0.05) is 12.1 Å². The Balaban J connectivity index is 1.44. The number of hydrogen-bond acceptors (Lipinski definition) is 9. The first-order valence-electron chi connectivity index (χ1n) is 13.2. The average molecular weight is 612 g/mol. The van der Waals surface area contributed by atoms with Crippen LogP contribution in [0.1, 0.15) is 24.1 Å². The van der Waals surface area contributed by atoms with Crippen LogP contribution in [0, 0.1) is 6.92 Å². The Bertz CT molecular complexity index is 1440. The number of ether oxygens (including phenoxy) is 3. The van der Waals surface area contributed by atoms with Gasteiger partial charge in [0.2, 0.25) is 5.16 Å². The number of rotatable bonds is 9. The first-order valence-corrected chi connectivity index (χ1v) is 14.5. The van der Waals surface area contributed by atoms with Crippen molar-refractivity contribution in [1.29, 1.82) is 0 Å². The number of benzene rings is 1. The molecule has 2 aromatic heterocycles. The zero-order chi connectivity index (χ0) is 30.4. The number of likely N-dealkylation sites (N-methyl/N-ethyl adjacent to an activating group) is 1. The number of carbonyl (C=O) groups excluding carboxylic acids is 2. The maximum atomic E-state index is 13.5. The topological polar surface area (TPSA) is 116 Å². The highest BCUT2D eigenvalue weighted by atomic mass is 32.2. The first-order chi connectivity index (χ1) is 19.9. The molecule has 1 aromatic carbocycles. The molecule has 3 heterocycles. The Morgan fingerprint density at radius 2 is 1.88 bits per heavy atom.